The molecule has 2 aromatic carbocycles. The SMILES string of the molecule is C[C@H](OC(=O)NCC1CC1)C(=O)NC1C(=O)N(C)c2ccccc2-c2ccccc21. The number of benzene rings is 2. The molecule has 1 heterocycles. The summed E-state index contributed by atoms with van der Waals surface area (Å²) < 4.78 is 5.19. The molecular weight excluding hydrogens is 382 g/mol. The molecule has 0 radical (unpaired) electrons. The lowest BCUT2D eigenvalue weighted by molar-refractivity contribution is -0.132. The van der Waals surface area contributed by atoms with Crippen LogP contribution in [0.2, 0.25) is 0 Å². The fraction of sp³-hybridized carbons (Fsp3) is 0.348. The Morgan fingerprint density at radius 2 is 1.77 bits per heavy atom. The van der Waals surface area contributed by atoms with Crippen LogP contribution in [0.5, 0.6) is 0 Å². The van der Waals surface area contributed by atoms with Crippen molar-refractivity contribution in [2.24, 2.45) is 5.92 Å². The third-order valence-corrected chi connectivity index (χ3v) is 5.58. The lowest BCUT2D eigenvalue weighted by Crippen LogP contribution is -2.45. The molecule has 1 aliphatic heterocycles. The highest BCUT2D eigenvalue weighted by Crippen LogP contribution is 2.39. The van der Waals surface area contributed by atoms with E-state index < -0.39 is 24.1 Å². The number of ether oxygens (including phenoxy) is 1. The zero-order valence-electron chi connectivity index (χ0n) is 17.1. The molecule has 2 aliphatic rings. The molecular formula is C23H25N3O4. The summed E-state index contributed by atoms with van der Waals surface area (Å²) >= 11 is 0. The van der Waals surface area contributed by atoms with Crippen molar-refractivity contribution in [1.82, 2.24) is 10.6 Å². The molecule has 2 N–H and O–H groups in total. The van der Waals surface area contributed by atoms with Crippen LogP contribution in [0.3, 0.4) is 0 Å². The second-order valence-electron chi connectivity index (χ2n) is 7.82. The molecule has 156 valence electrons. The Balaban J connectivity index is 1.54. The summed E-state index contributed by atoms with van der Waals surface area (Å²) in [5.41, 5.74) is 3.28. The van der Waals surface area contributed by atoms with E-state index in [-0.39, 0.29) is 5.91 Å². The predicted octanol–water partition coefficient (Wildman–Crippen LogP) is 3.01. The van der Waals surface area contributed by atoms with E-state index >= 15 is 0 Å². The van der Waals surface area contributed by atoms with Crippen LogP contribution in [0, 0.1) is 5.92 Å². The van der Waals surface area contributed by atoms with Gasteiger partial charge in [-0.3, -0.25) is 9.59 Å². The Bertz CT molecular complexity index is 986. The Hall–Kier alpha value is -3.35. The average molecular weight is 407 g/mol. The van der Waals surface area contributed by atoms with Crippen molar-refractivity contribution in [2.45, 2.75) is 31.9 Å². The number of nitrogens with zero attached hydrogens (tertiary/aromatic N) is 1. The average Bonchev–Trinajstić information content (AvgIpc) is 3.59. The van der Waals surface area contributed by atoms with Crippen LogP contribution >= 0.6 is 0 Å². The molecule has 4 rings (SSSR count). The van der Waals surface area contributed by atoms with Gasteiger partial charge in [0.15, 0.2) is 6.10 Å². The maximum Gasteiger partial charge on any atom is 0.407 e. The van der Waals surface area contributed by atoms with Gasteiger partial charge in [0.2, 0.25) is 0 Å². The predicted molar refractivity (Wildman–Crippen MR) is 113 cm³/mol. The first-order valence-electron chi connectivity index (χ1n) is 10.2. The van der Waals surface area contributed by atoms with Crippen LogP contribution in [-0.2, 0) is 14.3 Å². The first-order valence-corrected chi connectivity index (χ1v) is 10.2. The third-order valence-electron chi connectivity index (χ3n) is 5.58. The second-order valence-corrected chi connectivity index (χ2v) is 7.82. The smallest absolute Gasteiger partial charge is 0.407 e. The highest BCUT2D eigenvalue weighted by atomic mass is 16.6. The lowest BCUT2D eigenvalue weighted by atomic mass is 9.95. The van der Waals surface area contributed by atoms with Gasteiger partial charge >= 0.3 is 6.09 Å². The van der Waals surface area contributed by atoms with Crippen molar-refractivity contribution in [3.8, 4) is 11.1 Å². The molecule has 2 atom stereocenters. The van der Waals surface area contributed by atoms with Crippen molar-refractivity contribution >= 4 is 23.6 Å². The molecule has 7 nitrogen and oxygen atoms in total. The molecule has 1 unspecified atom stereocenters. The van der Waals surface area contributed by atoms with E-state index in [0.29, 0.717) is 18.0 Å². The maximum absolute atomic E-state index is 13.2. The number of anilines is 1. The Labute approximate surface area is 175 Å². The summed E-state index contributed by atoms with van der Waals surface area (Å²) in [5, 5.41) is 5.45. The molecule has 3 amide bonds. The highest BCUT2D eigenvalue weighted by molar-refractivity contribution is 6.06. The van der Waals surface area contributed by atoms with Gasteiger partial charge in [-0.25, -0.2) is 4.79 Å². The van der Waals surface area contributed by atoms with Crippen molar-refractivity contribution in [3.63, 3.8) is 0 Å². The summed E-state index contributed by atoms with van der Waals surface area (Å²) in [6.45, 7) is 2.06. The van der Waals surface area contributed by atoms with E-state index in [2.05, 4.69) is 10.6 Å². The zero-order valence-corrected chi connectivity index (χ0v) is 17.1. The standard InChI is InChI=1S/C23H25N3O4/c1-14(30-23(29)24-13-15-11-12-15)21(27)25-20-18-9-4-3-7-16(18)17-8-5-6-10-19(17)26(2)22(20)28/h3-10,14-15,20H,11-13H2,1-2H3,(H,24,29)(H,25,27)/t14-,20?/m0/s1. The topological polar surface area (TPSA) is 87.7 Å². The molecule has 1 aliphatic carbocycles. The summed E-state index contributed by atoms with van der Waals surface area (Å²) in [6, 6.07) is 14.3. The number of hydrogen-bond acceptors (Lipinski definition) is 4. The first kappa shape index (κ1) is 19.9. The van der Waals surface area contributed by atoms with Crippen molar-refractivity contribution in [3.05, 3.63) is 54.1 Å². The number of fused-ring (bicyclic) bond motifs is 3. The number of hydrogen-bond donors (Lipinski definition) is 2. The van der Waals surface area contributed by atoms with Gasteiger partial charge < -0.3 is 20.3 Å². The molecule has 0 bridgehead atoms. The van der Waals surface area contributed by atoms with Gasteiger partial charge in [0.1, 0.15) is 6.04 Å². The quantitative estimate of drug-likeness (QED) is 0.798. The third kappa shape index (κ3) is 4.01. The van der Waals surface area contributed by atoms with E-state index in [1.807, 2.05) is 48.5 Å². The number of carbonyl (C=O) groups excluding carboxylic acids is 3. The fourth-order valence-electron chi connectivity index (χ4n) is 3.64. The van der Waals surface area contributed by atoms with Crippen LogP contribution in [0.1, 0.15) is 31.4 Å². The van der Waals surface area contributed by atoms with E-state index in [0.717, 1.165) is 29.7 Å². The van der Waals surface area contributed by atoms with Crippen LogP contribution in [0.15, 0.2) is 48.5 Å². The molecule has 30 heavy (non-hydrogen) atoms. The van der Waals surface area contributed by atoms with Gasteiger partial charge in [-0.2, -0.15) is 0 Å². The fourth-order valence-corrected chi connectivity index (χ4v) is 3.64. The number of nitrogens with one attached hydrogen (secondary N) is 2. The molecule has 0 saturated heterocycles. The first-order chi connectivity index (χ1) is 14.5. The Morgan fingerprint density at radius 3 is 2.50 bits per heavy atom. The normalized spacial score (nSPS) is 18.5. The second kappa shape index (κ2) is 8.18. The number of likely N-dealkylation sites (N-methyl/N-ethyl adjacent to an activating group) is 1. The zero-order chi connectivity index (χ0) is 21.3. The number of rotatable bonds is 5. The van der Waals surface area contributed by atoms with Crippen LogP contribution in [0.4, 0.5) is 10.5 Å². The van der Waals surface area contributed by atoms with Crippen LogP contribution in [0.25, 0.3) is 11.1 Å². The van der Waals surface area contributed by atoms with Gasteiger partial charge in [0, 0.05) is 19.2 Å². The molecule has 1 fully saturated rings. The van der Waals surface area contributed by atoms with Gasteiger partial charge in [-0.1, -0.05) is 42.5 Å². The Morgan fingerprint density at radius 1 is 1.10 bits per heavy atom. The van der Waals surface area contributed by atoms with Gasteiger partial charge in [0.25, 0.3) is 11.8 Å². The molecule has 0 aromatic heterocycles. The maximum atomic E-state index is 13.2. The lowest BCUT2D eigenvalue weighted by Gasteiger charge is -2.24. The minimum absolute atomic E-state index is 0.258. The molecule has 2 aromatic rings. The summed E-state index contributed by atoms with van der Waals surface area (Å²) in [5.74, 6) is -0.269. The van der Waals surface area contributed by atoms with E-state index in [4.69, 9.17) is 4.74 Å². The van der Waals surface area contributed by atoms with Gasteiger partial charge in [-0.05, 0) is 42.9 Å². The Kier molecular flexibility index (Phi) is 5.44. The number of amides is 3. The van der Waals surface area contributed by atoms with Gasteiger partial charge in [0.05, 0.1) is 5.69 Å². The molecule has 1 saturated carbocycles. The summed E-state index contributed by atoms with van der Waals surface area (Å²) in [6.07, 6.45) is 0.562. The largest absolute Gasteiger partial charge is 0.436 e. The van der Waals surface area contributed by atoms with E-state index in [1.54, 1.807) is 11.9 Å². The van der Waals surface area contributed by atoms with Gasteiger partial charge in [-0.15, -0.1) is 0 Å². The molecule has 0 spiro atoms. The highest BCUT2D eigenvalue weighted by Gasteiger charge is 2.34. The minimum atomic E-state index is -1.03. The molecule has 7 heteroatoms. The minimum Gasteiger partial charge on any atom is -0.436 e. The summed E-state index contributed by atoms with van der Waals surface area (Å²) in [7, 11) is 1.69. The van der Waals surface area contributed by atoms with Crippen molar-refractivity contribution < 1.29 is 19.1 Å². The van der Waals surface area contributed by atoms with Crippen LogP contribution in [-0.4, -0.2) is 37.6 Å². The van der Waals surface area contributed by atoms with E-state index in [1.165, 1.54) is 6.92 Å². The number of para-hydroxylation sites is 1. The van der Waals surface area contributed by atoms with Crippen molar-refractivity contribution in [1.29, 1.82) is 0 Å². The van der Waals surface area contributed by atoms with Crippen molar-refractivity contribution in [2.75, 3.05) is 18.5 Å². The van der Waals surface area contributed by atoms with E-state index in [9.17, 15) is 14.4 Å². The number of alkyl carbamates (subject to hydrolysis) is 1. The monoisotopic (exact) mass is 407 g/mol. The van der Waals surface area contributed by atoms with Crippen LogP contribution < -0.4 is 15.5 Å². The number of carbonyl (C=O) groups is 3. The summed E-state index contributed by atoms with van der Waals surface area (Å²) in [4.78, 5) is 39.4.